The summed E-state index contributed by atoms with van der Waals surface area (Å²) >= 11 is 1.11. The Hall–Kier alpha value is -3.32. The second-order valence-electron chi connectivity index (χ2n) is 7.10. The van der Waals surface area contributed by atoms with E-state index in [0.29, 0.717) is 21.6 Å². The standard InChI is InChI=1S/C22H20N4O2S/c1-13-4-7-16(8-5-13)19-20-21(29-25-19)22(28)26(12-23-20)11-18(27)24-17-9-6-14(2)15(3)10-17/h4-10,12H,11H2,1-3H3,(H,24,27). The average molecular weight is 404 g/mol. The van der Waals surface area contributed by atoms with Gasteiger partial charge in [-0.2, -0.15) is 4.37 Å². The van der Waals surface area contributed by atoms with Gasteiger partial charge in [-0.3, -0.25) is 14.2 Å². The SMILES string of the molecule is Cc1ccc(-c2nsc3c(=O)n(CC(=O)Nc4ccc(C)c(C)c4)cnc23)cc1. The zero-order valence-electron chi connectivity index (χ0n) is 16.4. The minimum atomic E-state index is -0.278. The number of carbonyl (C=O) groups excluding carboxylic acids is 1. The van der Waals surface area contributed by atoms with Gasteiger partial charge in [-0.25, -0.2) is 4.98 Å². The number of fused-ring (bicyclic) bond motifs is 1. The molecule has 7 heteroatoms. The average Bonchev–Trinajstić information content (AvgIpc) is 3.12. The van der Waals surface area contributed by atoms with Crippen LogP contribution in [-0.2, 0) is 11.3 Å². The van der Waals surface area contributed by atoms with E-state index < -0.39 is 0 Å². The summed E-state index contributed by atoms with van der Waals surface area (Å²) in [5, 5.41) is 2.83. The van der Waals surface area contributed by atoms with E-state index in [-0.39, 0.29) is 18.0 Å². The molecule has 4 rings (SSSR count). The lowest BCUT2D eigenvalue weighted by molar-refractivity contribution is -0.116. The first kappa shape index (κ1) is 19.0. The number of rotatable bonds is 4. The second kappa shape index (κ2) is 7.60. The quantitative estimate of drug-likeness (QED) is 0.556. The number of benzene rings is 2. The van der Waals surface area contributed by atoms with Crippen molar-refractivity contribution in [2.24, 2.45) is 0 Å². The Labute approximate surface area is 172 Å². The lowest BCUT2D eigenvalue weighted by atomic mass is 10.1. The molecule has 2 heterocycles. The molecule has 0 saturated heterocycles. The maximum Gasteiger partial charge on any atom is 0.273 e. The Kier molecular flexibility index (Phi) is 4.98. The first-order chi connectivity index (χ1) is 13.9. The van der Waals surface area contributed by atoms with Crippen molar-refractivity contribution in [1.29, 1.82) is 0 Å². The van der Waals surface area contributed by atoms with E-state index in [2.05, 4.69) is 14.7 Å². The van der Waals surface area contributed by atoms with Crippen LogP contribution in [0.1, 0.15) is 16.7 Å². The van der Waals surface area contributed by atoms with Gasteiger partial charge in [0, 0.05) is 11.3 Å². The van der Waals surface area contributed by atoms with Gasteiger partial charge in [0.1, 0.15) is 22.5 Å². The summed E-state index contributed by atoms with van der Waals surface area (Å²) in [4.78, 5) is 29.7. The van der Waals surface area contributed by atoms with E-state index in [4.69, 9.17) is 0 Å². The molecule has 4 aromatic rings. The van der Waals surface area contributed by atoms with Crippen LogP contribution in [0.25, 0.3) is 21.5 Å². The fourth-order valence-electron chi connectivity index (χ4n) is 3.04. The predicted molar refractivity (Wildman–Crippen MR) is 116 cm³/mol. The molecule has 0 fully saturated rings. The van der Waals surface area contributed by atoms with Crippen molar-refractivity contribution in [3.8, 4) is 11.3 Å². The van der Waals surface area contributed by atoms with E-state index in [9.17, 15) is 9.59 Å². The third-order valence-corrected chi connectivity index (χ3v) is 5.70. The fourth-order valence-corrected chi connectivity index (χ4v) is 3.85. The Bertz CT molecular complexity index is 1270. The van der Waals surface area contributed by atoms with Crippen LogP contribution in [0.2, 0.25) is 0 Å². The van der Waals surface area contributed by atoms with Crippen molar-refractivity contribution in [3.63, 3.8) is 0 Å². The van der Waals surface area contributed by atoms with Crippen molar-refractivity contribution >= 4 is 33.3 Å². The highest BCUT2D eigenvalue weighted by Gasteiger charge is 2.15. The zero-order valence-corrected chi connectivity index (χ0v) is 17.2. The Morgan fingerprint density at radius 3 is 2.55 bits per heavy atom. The van der Waals surface area contributed by atoms with Gasteiger partial charge in [-0.15, -0.1) is 0 Å². The number of aromatic nitrogens is 3. The summed E-state index contributed by atoms with van der Waals surface area (Å²) in [6.45, 7) is 5.92. The molecule has 0 aliphatic rings. The molecule has 0 saturated carbocycles. The molecule has 2 aromatic carbocycles. The number of aryl methyl sites for hydroxylation is 3. The summed E-state index contributed by atoms with van der Waals surface area (Å²) in [7, 11) is 0. The Morgan fingerprint density at radius 2 is 1.83 bits per heavy atom. The van der Waals surface area contributed by atoms with Gasteiger partial charge in [0.25, 0.3) is 5.56 Å². The lowest BCUT2D eigenvalue weighted by Gasteiger charge is -2.09. The maximum atomic E-state index is 12.8. The second-order valence-corrected chi connectivity index (χ2v) is 7.87. The van der Waals surface area contributed by atoms with Gasteiger partial charge < -0.3 is 5.32 Å². The molecule has 29 heavy (non-hydrogen) atoms. The van der Waals surface area contributed by atoms with E-state index in [1.165, 1.54) is 10.9 Å². The number of hydrogen-bond donors (Lipinski definition) is 1. The largest absolute Gasteiger partial charge is 0.325 e. The van der Waals surface area contributed by atoms with Gasteiger partial charge in [-0.05, 0) is 55.6 Å². The monoisotopic (exact) mass is 404 g/mol. The molecule has 0 aliphatic heterocycles. The van der Waals surface area contributed by atoms with Gasteiger partial charge in [0.2, 0.25) is 5.91 Å². The minimum Gasteiger partial charge on any atom is -0.325 e. The van der Waals surface area contributed by atoms with Crippen LogP contribution in [0.15, 0.2) is 53.6 Å². The zero-order chi connectivity index (χ0) is 20.5. The van der Waals surface area contributed by atoms with Crippen molar-refractivity contribution in [2.45, 2.75) is 27.3 Å². The number of nitrogens with zero attached hydrogens (tertiary/aromatic N) is 3. The molecule has 0 radical (unpaired) electrons. The molecular formula is C22H20N4O2S. The van der Waals surface area contributed by atoms with Crippen molar-refractivity contribution in [2.75, 3.05) is 5.32 Å². The highest BCUT2D eigenvalue weighted by Crippen LogP contribution is 2.27. The summed E-state index contributed by atoms with van der Waals surface area (Å²) < 4.78 is 6.19. The molecule has 2 aromatic heterocycles. The lowest BCUT2D eigenvalue weighted by Crippen LogP contribution is -2.27. The summed E-state index contributed by atoms with van der Waals surface area (Å²) in [5.41, 5.74) is 6.02. The maximum absolute atomic E-state index is 12.8. The molecule has 0 aliphatic carbocycles. The van der Waals surface area contributed by atoms with Gasteiger partial charge in [-0.1, -0.05) is 35.9 Å². The molecule has 1 N–H and O–H groups in total. The van der Waals surface area contributed by atoms with Crippen LogP contribution in [0.3, 0.4) is 0 Å². The Balaban J connectivity index is 1.59. The number of anilines is 1. The number of hydrogen-bond acceptors (Lipinski definition) is 5. The highest BCUT2D eigenvalue weighted by molar-refractivity contribution is 7.13. The van der Waals surface area contributed by atoms with Gasteiger partial charge >= 0.3 is 0 Å². The van der Waals surface area contributed by atoms with Gasteiger partial charge in [0.15, 0.2) is 0 Å². The summed E-state index contributed by atoms with van der Waals surface area (Å²) in [5.74, 6) is -0.278. The van der Waals surface area contributed by atoms with Crippen LogP contribution in [0.5, 0.6) is 0 Å². The molecule has 1 amide bonds. The van der Waals surface area contributed by atoms with Gasteiger partial charge in [0.05, 0.1) is 6.33 Å². The molecular weight excluding hydrogens is 384 g/mol. The smallest absolute Gasteiger partial charge is 0.273 e. The third kappa shape index (κ3) is 3.82. The molecule has 146 valence electrons. The molecule has 0 bridgehead atoms. The first-order valence-electron chi connectivity index (χ1n) is 9.21. The van der Waals surface area contributed by atoms with Crippen molar-refractivity contribution in [1.82, 2.24) is 13.9 Å². The fraction of sp³-hybridized carbons (Fsp3) is 0.182. The number of carbonyl (C=O) groups is 1. The normalized spacial score (nSPS) is 11.0. The van der Waals surface area contributed by atoms with Crippen LogP contribution in [0, 0.1) is 20.8 Å². The van der Waals surface area contributed by atoms with Crippen LogP contribution in [-0.4, -0.2) is 19.8 Å². The van der Waals surface area contributed by atoms with E-state index in [0.717, 1.165) is 33.8 Å². The first-order valence-corrected chi connectivity index (χ1v) is 9.98. The van der Waals surface area contributed by atoms with Crippen LogP contribution in [0.4, 0.5) is 5.69 Å². The molecule has 0 atom stereocenters. The van der Waals surface area contributed by atoms with Crippen molar-refractivity contribution in [3.05, 3.63) is 75.8 Å². The van der Waals surface area contributed by atoms with Crippen LogP contribution >= 0.6 is 11.5 Å². The molecule has 0 spiro atoms. The van der Waals surface area contributed by atoms with E-state index in [1.54, 1.807) is 0 Å². The Morgan fingerprint density at radius 1 is 1.07 bits per heavy atom. The minimum absolute atomic E-state index is 0.105. The summed E-state index contributed by atoms with van der Waals surface area (Å²) in [6.07, 6.45) is 1.41. The highest BCUT2D eigenvalue weighted by atomic mass is 32.1. The van der Waals surface area contributed by atoms with Crippen molar-refractivity contribution < 1.29 is 4.79 Å². The van der Waals surface area contributed by atoms with E-state index >= 15 is 0 Å². The van der Waals surface area contributed by atoms with Crippen LogP contribution < -0.4 is 10.9 Å². The summed E-state index contributed by atoms with van der Waals surface area (Å²) in [6, 6.07) is 13.6. The number of amides is 1. The predicted octanol–water partition coefficient (Wildman–Crippen LogP) is 4.08. The number of nitrogens with one attached hydrogen (secondary N) is 1. The third-order valence-electron chi connectivity index (χ3n) is 4.88. The molecule has 0 unspecified atom stereocenters. The van der Waals surface area contributed by atoms with E-state index in [1.807, 2.05) is 63.2 Å². The molecule has 6 nitrogen and oxygen atoms in total. The topological polar surface area (TPSA) is 76.9 Å².